The van der Waals surface area contributed by atoms with Crippen molar-refractivity contribution in [2.24, 2.45) is 0 Å². The van der Waals surface area contributed by atoms with Crippen molar-refractivity contribution in [3.63, 3.8) is 0 Å². The Bertz CT molecular complexity index is 883. The molecular weight excluding hydrogens is 530 g/mol. The second-order valence-corrected chi connectivity index (χ2v) is 7.68. The average Bonchev–Trinajstić information content (AvgIpc) is 2.52. The van der Waals surface area contributed by atoms with Crippen molar-refractivity contribution in [2.45, 2.75) is 13.8 Å². The Labute approximate surface area is 167 Å². The van der Waals surface area contributed by atoms with Crippen molar-refractivity contribution >= 4 is 62.9 Å². The minimum Gasteiger partial charge on any atom is -0.506 e. The molecule has 0 aliphatic carbocycles. The predicted molar refractivity (Wildman–Crippen MR) is 112 cm³/mol. The van der Waals surface area contributed by atoms with Crippen molar-refractivity contribution in [3.8, 4) is 11.8 Å². The molecule has 1 amide bonds. The van der Waals surface area contributed by atoms with Gasteiger partial charge in [-0.15, -0.1) is 0 Å². The number of phenolic OH excluding ortho intramolecular Hbond substituents is 1. The second-order valence-electron chi connectivity index (χ2n) is 5.27. The zero-order chi connectivity index (χ0) is 17.9. The Kier molecular flexibility index (Phi) is 6.23. The highest BCUT2D eigenvalue weighted by atomic mass is 127. The van der Waals surface area contributed by atoms with Crippen LogP contribution in [-0.2, 0) is 4.79 Å². The number of hydrogen-bond acceptors (Lipinski definition) is 3. The normalized spacial score (nSPS) is 11.0. The molecule has 6 heteroatoms. The van der Waals surface area contributed by atoms with E-state index in [1.54, 1.807) is 6.07 Å². The Morgan fingerprint density at radius 1 is 1.25 bits per heavy atom. The molecule has 0 unspecified atom stereocenters. The van der Waals surface area contributed by atoms with Gasteiger partial charge < -0.3 is 10.4 Å². The molecule has 0 aliphatic heterocycles. The van der Waals surface area contributed by atoms with Crippen LogP contribution in [-0.4, -0.2) is 11.0 Å². The van der Waals surface area contributed by atoms with Gasteiger partial charge in [0.2, 0.25) is 0 Å². The lowest BCUT2D eigenvalue weighted by atomic mass is 10.1. The number of phenols is 1. The van der Waals surface area contributed by atoms with Gasteiger partial charge in [0, 0.05) is 14.8 Å². The molecule has 0 bridgehead atoms. The highest BCUT2D eigenvalue weighted by Gasteiger charge is 2.13. The molecule has 0 spiro atoms. The van der Waals surface area contributed by atoms with Gasteiger partial charge in [-0.2, -0.15) is 5.26 Å². The molecule has 0 saturated carbocycles. The van der Waals surface area contributed by atoms with E-state index in [1.807, 2.05) is 66.8 Å². The zero-order valence-corrected chi connectivity index (χ0v) is 17.3. The van der Waals surface area contributed by atoms with Crippen LogP contribution >= 0.6 is 45.2 Å². The number of aryl methyl sites for hydroxylation is 2. The number of amides is 1. The maximum absolute atomic E-state index is 12.4. The largest absolute Gasteiger partial charge is 0.506 e. The fraction of sp³-hybridized carbons (Fsp3) is 0.111. The number of nitrogens with zero attached hydrogens (tertiary/aromatic N) is 1. The van der Waals surface area contributed by atoms with E-state index in [1.165, 1.54) is 6.08 Å². The van der Waals surface area contributed by atoms with Crippen molar-refractivity contribution in [3.05, 3.63) is 59.7 Å². The molecular formula is C18H14I2N2O2. The summed E-state index contributed by atoms with van der Waals surface area (Å²) in [7, 11) is 0. The standard InChI is InChI=1S/C18H14I2N2O2/c1-10-3-4-11(2)16(5-10)22-18(24)13(9-21)6-12-7-14(19)8-15(20)17(12)23/h3-8,23H,1-2H3,(H,22,24)/b13-6-. The summed E-state index contributed by atoms with van der Waals surface area (Å²) in [6, 6.07) is 11.2. The molecule has 2 rings (SSSR count). The Hall–Kier alpha value is -1.60. The highest BCUT2D eigenvalue weighted by Crippen LogP contribution is 2.29. The van der Waals surface area contributed by atoms with Crippen molar-refractivity contribution < 1.29 is 9.90 Å². The average molecular weight is 544 g/mol. The lowest BCUT2D eigenvalue weighted by Gasteiger charge is -2.09. The number of nitrogens with one attached hydrogen (secondary N) is 1. The number of aromatic hydroxyl groups is 1. The molecule has 4 nitrogen and oxygen atoms in total. The first-order chi connectivity index (χ1) is 11.3. The first kappa shape index (κ1) is 18.7. The number of benzene rings is 2. The van der Waals surface area contributed by atoms with Gasteiger partial charge in [0.15, 0.2) is 0 Å². The van der Waals surface area contributed by atoms with Crippen LogP contribution in [0.2, 0.25) is 0 Å². The highest BCUT2D eigenvalue weighted by molar-refractivity contribution is 14.1. The van der Waals surface area contributed by atoms with Crippen LogP contribution in [0.15, 0.2) is 35.9 Å². The minimum absolute atomic E-state index is 0.0586. The summed E-state index contributed by atoms with van der Waals surface area (Å²) in [5.41, 5.74) is 2.98. The summed E-state index contributed by atoms with van der Waals surface area (Å²) >= 11 is 4.13. The summed E-state index contributed by atoms with van der Waals surface area (Å²) in [4.78, 5) is 12.4. The Morgan fingerprint density at radius 2 is 1.96 bits per heavy atom. The summed E-state index contributed by atoms with van der Waals surface area (Å²) in [6.45, 7) is 3.82. The van der Waals surface area contributed by atoms with Gasteiger partial charge in [-0.25, -0.2) is 0 Å². The van der Waals surface area contributed by atoms with E-state index in [-0.39, 0.29) is 11.3 Å². The monoisotopic (exact) mass is 544 g/mol. The van der Waals surface area contributed by atoms with E-state index >= 15 is 0 Å². The summed E-state index contributed by atoms with van der Waals surface area (Å²) < 4.78 is 1.58. The number of hydrogen-bond donors (Lipinski definition) is 2. The van der Waals surface area contributed by atoms with E-state index in [0.717, 1.165) is 14.7 Å². The number of halogens is 2. The second kappa shape index (κ2) is 7.98. The minimum atomic E-state index is -0.500. The van der Waals surface area contributed by atoms with Gasteiger partial charge in [-0.3, -0.25) is 4.79 Å². The molecule has 0 aromatic heterocycles. The summed E-state index contributed by atoms with van der Waals surface area (Å²) in [6.07, 6.45) is 1.40. The third kappa shape index (κ3) is 4.48. The van der Waals surface area contributed by atoms with Gasteiger partial charge in [0.05, 0.1) is 3.57 Å². The van der Waals surface area contributed by atoms with Gasteiger partial charge in [-0.05, 0) is 94.4 Å². The van der Waals surface area contributed by atoms with Crippen LogP contribution in [0, 0.1) is 32.3 Å². The van der Waals surface area contributed by atoms with E-state index in [2.05, 4.69) is 27.9 Å². The van der Waals surface area contributed by atoms with E-state index in [4.69, 9.17) is 0 Å². The molecule has 24 heavy (non-hydrogen) atoms. The molecule has 2 aromatic carbocycles. The molecule has 0 aliphatic rings. The molecule has 2 aromatic rings. The number of rotatable bonds is 3. The van der Waals surface area contributed by atoms with Gasteiger partial charge >= 0.3 is 0 Å². The first-order valence-corrected chi connectivity index (χ1v) is 9.16. The van der Waals surface area contributed by atoms with Gasteiger partial charge in [0.1, 0.15) is 17.4 Å². The van der Waals surface area contributed by atoms with E-state index in [9.17, 15) is 15.2 Å². The topological polar surface area (TPSA) is 73.1 Å². The maximum Gasteiger partial charge on any atom is 0.266 e. The third-order valence-corrected chi connectivity index (χ3v) is 4.81. The van der Waals surface area contributed by atoms with Crippen molar-refractivity contribution in [1.82, 2.24) is 0 Å². The zero-order valence-electron chi connectivity index (χ0n) is 13.0. The molecule has 2 N–H and O–H groups in total. The molecule has 0 saturated heterocycles. The van der Waals surface area contributed by atoms with Crippen LogP contribution in [0.3, 0.4) is 0 Å². The van der Waals surface area contributed by atoms with Crippen LogP contribution in [0.25, 0.3) is 6.08 Å². The molecule has 0 heterocycles. The number of nitriles is 1. The SMILES string of the molecule is Cc1ccc(C)c(NC(=O)/C(C#N)=C\c2cc(I)cc(I)c2O)c1. The summed E-state index contributed by atoms with van der Waals surface area (Å²) in [5, 5.41) is 22.2. The fourth-order valence-corrected chi connectivity index (χ4v) is 3.95. The maximum atomic E-state index is 12.4. The lowest BCUT2D eigenvalue weighted by molar-refractivity contribution is -0.112. The van der Waals surface area contributed by atoms with Crippen molar-refractivity contribution in [2.75, 3.05) is 5.32 Å². The van der Waals surface area contributed by atoms with Crippen LogP contribution in [0.5, 0.6) is 5.75 Å². The van der Waals surface area contributed by atoms with Crippen LogP contribution in [0.1, 0.15) is 16.7 Å². The first-order valence-electron chi connectivity index (χ1n) is 7.00. The molecule has 0 atom stereocenters. The molecule has 0 fully saturated rings. The number of carbonyl (C=O) groups is 1. The van der Waals surface area contributed by atoms with Crippen LogP contribution in [0.4, 0.5) is 5.69 Å². The Morgan fingerprint density at radius 3 is 2.62 bits per heavy atom. The predicted octanol–water partition coefficient (Wildman–Crippen LogP) is 4.76. The molecule has 0 radical (unpaired) electrons. The van der Waals surface area contributed by atoms with Crippen molar-refractivity contribution in [1.29, 1.82) is 5.26 Å². The Balaban J connectivity index is 2.36. The van der Waals surface area contributed by atoms with E-state index < -0.39 is 5.91 Å². The fourth-order valence-electron chi connectivity index (χ4n) is 2.06. The lowest BCUT2D eigenvalue weighted by Crippen LogP contribution is -2.14. The third-order valence-electron chi connectivity index (χ3n) is 3.36. The van der Waals surface area contributed by atoms with Gasteiger partial charge in [-0.1, -0.05) is 12.1 Å². The van der Waals surface area contributed by atoms with Gasteiger partial charge in [0.25, 0.3) is 5.91 Å². The van der Waals surface area contributed by atoms with Crippen LogP contribution < -0.4 is 5.32 Å². The quantitative estimate of drug-likeness (QED) is 0.333. The smallest absolute Gasteiger partial charge is 0.266 e. The summed E-state index contributed by atoms with van der Waals surface area (Å²) in [5.74, 6) is -0.442. The molecule has 122 valence electrons. The number of carbonyl (C=O) groups excluding carboxylic acids is 1. The van der Waals surface area contributed by atoms with E-state index in [0.29, 0.717) is 14.8 Å². The number of anilines is 1.